The van der Waals surface area contributed by atoms with Gasteiger partial charge in [0.2, 0.25) is 23.6 Å². The molecule has 36 heavy (non-hydrogen) atoms. The second-order valence-corrected chi connectivity index (χ2v) is 9.90. The molecule has 0 aromatic heterocycles. The van der Waals surface area contributed by atoms with E-state index in [1.807, 2.05) is 13.8 Å². The maximum Gasteiger partial charge on any atom is 0.243 e. The number of carbonyl (C=O) groups excluding carboxylic acids is 4. The molecule has 0 aliphatic carbocycles. The van der Waals surface area contributed by atoms with E-state index in [1.165, 1.54) is 25.7 Å². The van der Waals surface area contributed by atoms with Gasteiger partial charge in [-0.25, -0.2) is 0 Å². The Kier molecular flexibility index (Phi) is 15.2. The summed E-state index contributed by atoms with van der Waals surface area (Å²) in [4.78, 5) is 55.1. The lowest BCUT2D eigenvalue weighted by Gasteiger charge is -2.27. The highest BCUT2D eigenvalue weighted by Crippen LogP contribution is 2.13. The number of rotatable bonds is 13. The van der Waals surface area contributed by atoms with Crippen molar-refractivity contribution in [2.75, 3.05) is 13.1 Å². The summed E-state index contributed by atoms with van der Waals surface area (Å²) in [5, 5.41) is 11.0. The number of carbonyl (C=O) groups is 4. The van der Waals surface area contributed by atoms with E-state index >= 15 is 0 Å². The first-order valence-corrected chi connectivity index (χ1v) is 13.4. The van der Waals surface area contributed by atoms with Crippen molar-refractivity contribution in [2.24, 2.45) is 22.4 Å². The van der Waals surface area contributed by atoms with Crippen LogP contribution in [0.15, 0.2) is 4.99 Å². The van der Waals surface area contributed by atoms with Crippen LogP contribution >= 0.6 is 0 Å². The van der Waals surface area contributed by atoms with E-state index in [1.54, 1.807) is 0 Å². The minimum absolute atomic E-state index is 0.0521. The van der Waals surface area contributed by atoms with Gasteiger partial charge in [-0.1, -0.05) is 65.7 Å². The zero-order chi connectivity index (χ0) is 26.9. The van der Waals surface area contributed by atoms with Gasteiger partial charge in [-0.05, 0) is 25.2 Å². The van der Waals surface area contributed by atoms with Crippen LogP contribution in [0.2, 0.25) is 0 Å². The molecule has 11 heteroatoms. The fourth-order valence-electron chi connectivity index (χ4n) is 4.15. The fraction of sp³-hybridized carbons (Fsp3) is 0.800. The molecular formula is C25H47N7O4. The van der Waals surface area contributed by atoms with Crippen LogP contribution in [0.4, 0.5) is 0 Å². The number of nitrogens with zero attached hydrogens (tertiary/aromatic N) is 1. The van der Waals surface area contributed by atoms with Crippen LogP contribution in [-0.2, 0) is 19.2 Å². The van der Waals surface area contributed by atoms with Gasteiger partial charge in [0.05, 0.1) is 6.54 Å². The van der Waals surface area contributed by atoms with Crippen LogP contribution in [0.5, 0.6) is 0 Å². The van der Waals surface area contributed by atoms with E-state index in [-0.39, 0.29) is 49.1 Å². The number of hydrogen-bond acceptors (Lipinski definition) is 5. The van der Waals surface area contributed by atoms with E-state index in [9.17, 15) is 19.2 Å². The molecule has 1 aliphatic heterocycles. The summed E-state index contributed by atoms with van der Waals surface area (Å²) >= 11 is 0. The summed E-state index contributed by atoms with van der Waals surface area (Å²) in [7, 11) is 0. The first kappa shape index (κ1) is 31.2. The van der Waals surface area contributed by atoms with E-state index in [2.05, 4.69) is 33.2 Å². The molecule has 4 amide bonds. The Morgan fingerprint density at radius 3 is 2.17 bits per heavy atom. The Bertz CT molecular complexity index is 738. The molecular weight excluding hydrogens is 462 g/mol. The van der Waals surface area contributed by atoms with E-state index < -0.39 is 23.9 Å². The quantitative estimate of drug-likeness (QED) is 0.121. The normalized spacial score (nSPS) is 21.8. The highest BCUT2D eigenvalue weighted by Gasteiger charge is 2.30. The van der Waals surface area contributed by atoms with E-state index in [0.717, 1.165) is 19.3 Å². The average Bonchev–Trinajstić information content (AvgIpc) is 2.81. The molecule has 1 heterocycles. The summed E-state index contributed by atoms with van der Waals surface area (Å²) in [5.74, 6) is -1.83. The summed E-state index contributed by atoms with van der Waals surface area (Å²) < 4.78 is 0. The van der Waals surface area contributed by atoms with Crippen LogP contribution in [0, 0.1) is 5.92 Å². The number of nitrogens with two attached hydrogens (primary N) is 2. The standard InChI is InChI=1S/C25H47N7O4/c1-4-5-6-7-8-9-10-12-18-15-20(33)29-16-21(34)31-19(13-11-14-28-25(26)27)23(35)32-22(17(2)3)24(36)30-18/h17-19,22H,4-16H2,1-3H3,(H,29,33)(H,30,36)(H,31,34)(H,32,35)(H4,26,27,28)/t18-,19+,22+/m1/s1. The Morgan fingerprint density at radius 1 is 0.861 bits per heavy atom. The van der Waals surface area contributed by atoms with Crippen LogP contribution in [0.25, 0.3) is 0 Å². The molecule has 206 valence electrons. The molecule has 1 aliphatic rings. The summed E-state index contributed by atoms with van der Waals surface area (Å²) in [5.41, 5.74) is 10.7. The minimum Gasteiger partial charge on any atom is -0.370 e. The van der Waals surface area contributed by atoms with Gasteiger partial charge in [-0.2, -0.15) is 0 Å². The average molecular weight is 510 g/mol. The lowest BCUT2D eigenvalue weighted by atomic mass is 9.99. The van der Waals surface area contributed by atoms with E-state index in [0.29, 0.717) is 19.4 Å². The van der Waals surface area contributed by atoms with Gasteiger partial charge in [0.1, 0.15) is 12.1 Å². The topological polar surface area (TPSA) is 181 Å². The maximum atomic E-state index is 13.1. The van der Waals surface area contributed by atoms with Crippen molar-refractivity contribution in [2.45, 2.75) is 110 Å². The summed E-state index contributed by atoms with van der Waals surface area (Å²) in [6, 6.07) is -2.05. The zero-order valence-corrected chi connectivity index (χ0v) is 22.2. The van der Waals surface area contributed by atoms with Crippen molar-refractivity contribution in [1.29, 1.82) is 0 Å². The Labute approximate surface area is 215 Å². The number of guanidine groups is 1. The van der Waals surface area contributed by atoms with Gasteiger partial charge in [0.25, 0.3) is 0 Å². The number of hydrogen-bond donors (Lipinski definition) is 6. The fourth-order valence-corrected chi connectivity index (χ4v) is 4.15. The molecule has 1 saturated heterocycles. The van der Waals surface area contributed by atoms with Gasteiger partial charge in [-0.3, -0.25) is 24.2 Å². The maximum absolute atomic E-state index is 13.1. The molecule has 1 fully saturated rings. The molecule has 11 nitrogen and oxygen atoms in total. The monoisotopic (exact) mass is 509 g/mol. The highest BCUT2D eigenvalue weighted by molar-refractivity contribution is 5.94. The molecule has 0 bridgehead atoms. The molecule has 0 aromatic rings. The molecule has 0 saturated carbocycles. The lowest BCUT2D eigenvalue weighted by Crippen LogP contribution is -2.56. The minimum atomic E-state index is -0.887. The first-order valence-electron chi connectivity index (χ1n) is 13.4. The predicted molar refractivity (Wildman–Crippen MR) is 141 cm³/mol. The van der Waals surface area contributed by atoms with Gasteiger partial charge in [0, 0.05) is 19.0 Å². The number of nitrogens with one attached hydrogen (secondary N) is 4. The summed E-state index contributed by atoms with van der Waals surface area (Å²) in [6.45, 7) is 5.92. The first-order chi connectivity index (χ1) is 17.1. The van der Waals surface area contributed by atoms with Gasteiger partial charge in [-0.15, -0.1) is 0 Å². The van der Waals surface area contributed by atoms with Crippen molar-refractivity contribution >= 4 is 29.6 Å². The molecule has 0 unspecified atom stereocenters. The van der Waals surface area contributed by atoms with Gasteiger partial charge in [0.15, 0.2) is 5.96 Å². The number of amides is 4. The second kappa shape index (κ2) is 17.6. The Balaban J connectivity index is 2.88. The molecule has 0 radical (unpaired) electrons. The zero-order valence-electron chi connectivity index (χ0n) is 22.2. The van der Waals surface area contributed by atoms with Crippen LogP contribution in [0.1, 0.15) is 91.4 Å². The highest BCUT2D eigenvalue weighted by atomic mass is 16.2. The second-order valence-electron chi connectivity index (χ2n) is 9.90. The van der Waals surface area contributed by atoms with Crippen molar-refractivity contribution < 1.29 is 19.2 Å². The summed E-state index contributed by atoms with van der Waals surface area (Å²) in [6.07, 6.45) is 9.37. The van der Waals surface area contributed by atoms with Gasteiger partial charge >= 0.3 is 0 Å². The van der Waals surface area contributed by atoms with Crippen molar-refractivity contribution in [1.82, 2.24) is 21.3 Å². The SMILES string of the molecule is CCCCCCCCC[C@@H]1CC(=O)NCC(=O)N[C@@H](CCCN=C(N)N)C(=O)N[C@@H](C(C)C)C(=O)N1. The number of aliphatic imine (C=N–C) groups is 1. The van der Waals surface area contributed by atoms with Crippen LogP contribution < -0.4 is 32.7 Å². The third kappa shape index (κ3) is 13.3. The molecule has 3 atom stereocenters. The third-order valence-electron chi connectivity index (χ3n) is 6.22. The smallest absolute Gasteiger partial charge is 0.243 e. The molecule has 8 N–H and O–H groups in total. The van der Waals surface area contributed by atoms with Crippen molar-refractivity contribution in [3.63, 3.8) is 0 Å². The molecule has 0 aromatic carbocycles. The molecule has 0 spiro atoms. The van der Waals surface area contributed by atoms with Crippen molar-refractivity contribution in [3.8, 4) is 0 Å². The van der Waals surface area contributed by atoms with Crippen LogP contribution in [0.3, 0.4) is 0 Å². The van der Waals surface area contributed by atoms with Gasteiger partial charge < -0.3 is 32.7 Å². The Morgan fingerprint density at radius 2 is 1.53 bits per heavy atom. The lowest BCUT2D eigenvalue weighted by molar-refractivity contribution is -0.133. The van der Waals surface area contributed by atoms with Crippen molar-refractivity contribution in [3.05, 3.63) is 0 Å². The largest absolute Gasteiger partial charge is 0.370 e. The predicted octanol–water partition coefficient (Wildman–Crippen LogP) is 0.811. The third-order valence-corrected chi connectivity index (χ3v) is 6.22. The number of unbranched alkanes of at least 4 members (excludes halogenated alkanes) is 6. The Hall–Kier alpha value is -2.85. The molecule has 1 rings (SSSR count). The van der Waals surface area contributed by atoms with Crippen LogP contribution in [-0.4, -0.2) is 60.8 Å². The van der Waals surface area contributed by atoms with E-state index in [4.69, 9.17) is 11.5 Å².